The lowest BCUT2D eigenvalue weighted by molar-refractivity contribution is -0.123. The number of ether oxygens (including phenoxy) is 1. The van der Waals surface area contributed by atoms with Crippen molar-refractivity contribution < 1.29 is 9.53 Å². The van der Waals surface area contributed by atoms with Crippen molar-refractivity contribution in [2.75, 3.05) is 50.8 Å². The standard InChI is InChI=1S/C19H22N6O2/c20-14-16-2-4-17(5-3-16)27-15-18(26)21-8-9-24-10-12-25(13-11-24)19-22-6-1-7-23-19/h1-7H,8-13,15H2,(H,21,26). The maximum absolute atomic E-state index is 11.9. The second kappa shape index (κ2) is 9.50. The molecule has 1 aromatic carbocycles. The molecule has 8 heteroatoms. The minimum absolute atomic E-state index is 0.0367. The Morgan fingerprint density at radius 2 is 1.85 bits per heavy atom. The van der Waals surface area contributed by atoms with Crippen LogP contribution in [0.2, 0.25) is 0 Å². The van der Waals surface area contributed by atoms with Crippen LogP contribution in [0.1, 0.15) is 5.56 Å². The number of carbonyl (C=O) groups excluding carboxylic acids is 1. The van der Waals surface area contributed by atoms with Crippen molar-refractivity contribution in [1.29, 1.82) is 5.26 Å². The van der Waals surface area contributed by atoms with E-state index in [1.807, 2.05) is 12.1 Å². The molecule has 0 spiro atoms. The Morgan fingerprint density at radius 1 is 1.15 bits per heavy atom. The molecule has 8 nitrogen and oxygen atoms in total. The average molecular weight is 366 g/mol. The Morgan fingerprint density at radius 3 is 2.52 bits per heavy atom. The number of anilines is 1. The van der Waals surface area contributed by atoms with Crippen molar-refractivity contribution in [2.45, 2.75) is 0 Å². The van der Waals surface area contributed by atoms with Crippen molar-refractivity contribution in [3.05, 3.63) is 48.3 Å². The number of nitriles is 1. The third kappa shape index (κ3) is 5.66. The molecule has 3 rings (SSSR count). The normalized spacial score (nSPS) is 14.4. The van der Waals surface area contributed by atoms with Gasteiger partial charge in [-0.3, -0.25) is 9.69 Å². The number of rotatable bonds is 7. The van der Waals surface area contributed by atoms with Crippen LogP contribution in [-0.2, 0) is 4.79 Å². The number of hydrogen-bond donors (Lipinski definition) is 1. The molecule has 1 aliphatic heterocycles. The lowest BCUT2D eigenvalue weighted by atomic mass is 10.2. The van der Waals surface area contributed by atoms with Gasteiger partial charge in [-0.1, -0.05) is 0 Å². The number of nitrogens with one attached hydrogen (secondary N) is 1. The predicted molar refractivity (Wildman–Crippen MR) is 100 cm³/mol. The summed E-state index contributed by atoms with van der Waals surface area (Å²) in [6.07, 6.45) is 3.51. The molecule has 1 amide bonds. The molecule has 0 radical (unpaired) electrons. The Kier molecular flexibility index (Phi) is 6.55. The van der Waals surface area contributed by atoms with E-state index in [4.69, 9.17) is 10.00 Å². The van der Waals surface area contributed by atoms with Crippen LogP contribution in [0.4, 0.5) is 5.95 Å². The highest BCUT2D eigenvalue weighted by molar-refractivity contribution is 5.77. The minimum Gasteiger partial charge on any atom is -0.484 e. The van der Waals surface area contributed by atoms with E-state index in [1.54, 1.807) is 36.7 Å². The third-order valence-corrected chi connectivity index (χ3v) is 4.31. The van der Waals surface area contributed by atoms with Gasteiger partial charge in [0, 0.05) is 51.7 Å². The van der Waals surface area contributed by atoms with Crippen LogP contribution < -0.4 is 15.0 Å². The molecule has 1 N–H and O–H groups in total. The summed E-state index contributed by atoms with van der Waals surface area (Å²) in [5, 5.41) is 11.6. The lowest BCUT2D eigenvalue weighted by Crippen LogP contribution is -2.49. The number of nitrogens with zero attached hydrogens (tertiary/aromatic N) is 5. The molecule has 1 saturated heterocycles. The molecule has 2 aromatic rings. The van der Waals surface area contributed by atoms with E-state index in [0.717, 1.165) is 38.7 Å². The van der Waals surface area contributed by atoms with E-state index in [0.29, 0.717) is 17.9 Å². The summed E-state index contributed by atoms with van der Waals surface area (Å²) in [6.45, 7) is 4.92. The van der Waals surface area contributed by atoms with Gasteiger partial charge in [-0.25, -0.2) is 9.97 Å². The van der Waals surface area contributed by atoms with Crippen LogP contribution in [0.3, 0.4) is 0 Å². The van der Waals surface area contributed by atoms with Crippen LogP contribution >= 0.6 is 0 Å². The largest absolute Gasteiger partial charge is 0.484 e. The maximum Gasteiger partial charge on any atom is 0.257 e. The topological polar surface area (TPSA) is 94.4 Å². The fourth-order valence-corrected chi connectivity index (χ4v) is 2.81. The number of hydrogen-bond acceptors (Lipinski definition) is 7. The van der Waals surface area contributed by atoms with E-state index in [-0.39, 0.29) is 12.5 Å². The van der Waals surface area contributed by atoms with Crippen LogP contribution in [0.15, 0.2) is 42.7 Å². The second-order valence-corrected chi connectivity index (χ2v) is 6.15. The molecule has 0 atom stereocenters. The first-order valence-electron chi connectivity index (χ1n) is 8.88. The van der Waals surface area contributed by atoms with Crippen molar-refractivity contribution >= 4 is 11.9 Å². The molecule has 27 heavy (non-hydrogen) atoms. The summed E-state index contributed by atoms with van der Waals surface area (Å²) >= 11 is 0. The first kappa shape index (κ1) is 18.6. The van der Waals surface area contributed by atoms with E-state index in [9.17, 15) is 4.79 Å². The van der Waals surface area contributed by atoms with E-state index in [2.05, 4.69) is 25.1 Å². The van der Waals surface area contributed by atoms with Crippen LogP contribution in [0, 0.1) is 11.3 Å². The van der Waals surface area contributed by atoms with Crippen LogP contribution in [0.5, 0.6) is 5.75 Å². The molecule has 2 heterocycles. The fraction of sp³-hybridized carbons (Fsp3) is 0.368. The average Bonchev–Trinajstić information content (AvgIpc) is 2.74. The molecular weight excluding hydrogens is 344 g/mol. The van der Waals surface area contributed by atoms with E-state index >= 15 is 0 Å². The van der Waals surface area contributed by atoms with Crippen molar-refractivity contribution in [3.8, 4) is 11.8 Å². The monoisotopic (exact) mass is 366 g/mol. The molecule has 1 aromatic heterocycles. The predicted octanol–water partition coefficient (Wildman–Crippen LogP) is 0.665. The highest BCUT2D eigenvalue weighted by atomic mass is 16.5. The summed E-state index contributed by atoms with van der Waals surface area (Å²) in [6, 6.07) is 10.5. The summed E-state index contributed by atoms with van der Waals surface area (Å²) in [7, 11) is 0. The highest BCUT2D eigenvalue weighted by Gasteiger charge is 2.18. The van der Waals surface area contributed by atoms with E-state index < -0.39 is 0 Å². The summed E-state index contributed by atoms with van der Waals surface area (Å²) < 4.78 is 5.42. The third-order valence-electron chi connectivity index (χ3n) is 4.31. The lowest BCUT2D eigenvalue weighted by Gasteiger charge is -2.34. The van der Waals surface area contributed by atoms with Gasteiger partial charge in [-0.05, 0) is 30.3 Å². The first-order chi connectivity index (χ1) is 13.2. The molecule has 0 aliphatic carbocycles. The Hall–Kier alpha value is -3.18. The van der Waals surface area contributed by atoms with Gasteiger partial charge >= 0.3 is 0 Å². The first-order valence-corrected chi connectivity index (χ1v) is 8.88. The van der Waals surface area contributed by atoms with Gasteiger partial charge in [0.05, 0.1) is 11.6 Å². The summed E-state index contributed by atoms with van der Waals surface area (Å²) in [4.78, 5) is 24.9. The van der Waals surface area contributed by atoms with Gasteiger partial charge in [0.15, 0.2) is 6.61 Å². The van der Waals surface area contributed by atoms with Crippen LogP contribution in [-0.4, -0.2) is 66.7 Å². The molecule has 140 valence electrons. The number of piperazine rings is 1. The molecule has 1 fully saturated rings. The van der Waals surface area contributed by atoms with Crippen molar-refractivity contribution in [1.82, 2.24) is 20.2 Å². The molecule has 0 bridgehead atoms. The van der Waals surface area contributed by atoms with Gasteiger partial charge in [-0.2, -0.15) is 5.26 Å². The number of aromatic nitrogens is 2. The Labute approximate surface area is 158 Å². The van der Waals surface area contributed by atoms with Gasteiger partial charge in [0.25, 0.3) is 5.91 Å². The van der Waals surface area contributed by atoms with Gasteiger partial charge in [-0.15, -0.1) is 0 Å². The Bertz CT molecular complexity index is 767. The zero-order valence-electron chi connectivity index (χ0n) is 15.0. The molecule has 0 unspecified atom stereocenters. The van der Waals surface area contributed by atoms with Gasteiger partial charge in [0.2, 0.25) is 5.95 Å². The maximum atomic E-state index is 11.9. The molecule has 1 aliphatic rings. The SMILES string of the molecule is N#Cc1ccc(OCC(=O)NCCN2CCN(c3ncccn3)CC2)cc1. The van der Waals surface area contributed by atoms with E-state index in [1.165, 1.54) is 0 Å². The summed E-state index contributed by atoms with van der Waals surface area (Å²) in [5.41, 5.74) is 0.561. The van der Waals surface area contributed by atoms with Gasteiger partial charge in [0.1, 0.15) is 5.75 Å². The zero-order chi connectivity index (χ0) is 18.9. The fourth-order valence-electron chi connectivity index (χ4n) is 2.81. The smallest absolute Gasteiger partial charge is 0.257 e. The Balaban J connectivity index is 1.30. The van der Waals surface area contributed by atoms with Crippen molar-refractivity contribution in [2.24, 2.45) is 0 Å². The summed E-state index contributed by atoms with van der Waals surface area (Å²) in [5.74, 6) is 1.18. The van der Waals surface area contributed by atoms with Gasteiger partial charge < -0.3 is 15.0 Å². The van der Waals surface area contributed by atoms with Crippen molar-refractivity contribution in [3.63, 3.8) is 0 Å². The minimum atomic E-state index is -0.157. The number of amides is 1. The number of carbonyl (C=O) groups is 1. The van der Waals surface area contributed by atoms with Crippen LogP contribution in [0.25, 0.3) is 0 Å². The quantitative estimate of drug-likeness (QED) is 0.769. The second-order valence-electron chi connectivity index (χ2n) is 6.15. The highest BCUT2D eigenvalue weighted by Crippen LogP contribution is 2.11. The zero-order valence-corrected chi connectivity index (χ0v) is 15.0. The molecule has 0 saturated carbocycles. The number of benzene rings is 1. The molecular formula is C19H22N6O2.